The number of alkyl halides is 3. The Balaban J connectivity index is 2.44. The van der Waals surface area contributed by atoms with E-state index in [-0.39, 0.29) is 22.4 Å². The van der Waals surface area contributed by atoms with Crippen LogP contribution in [0.2, 0.25) is 5.02 Å². The van der Waals surface area contributed by atoms with E-state index >= 15 is 0 Å². The lowest BCUT2D eigenvalue weighted by Gasteiger charge is -2.11. The molecule has 0 aliphatic rings. The summed E-state index contributed by atoms with van der Waals surface area (Å²) in [4.78, 5) is 29.8. The molecule has 6 nitrogen and oxygen atoms in total. The molecule has 1 unspecified atom stereocenters. The number of rotatable bonds is 2. The van der Waals surface area contributed by atoms with Gasteiger partial charge in [-0.25, -0.2) is 4.98 Å². The molecule has 0 saturated carbocycles. The highest BCUT2D eigenvalue weighted by molar-refractivity contribution is 6.32. The van der Waals surface area contributed by atoms with E-state index < -0.39 is 34.2 Å². The highest BCUT2D eigenvalue weighted by atomic mass is 35.5. The first kappa shape index (κ1) is 17.3. The second kappa shape index (κ2) is 5.48. The van der Waals surface area contributed by atoms with Crippen LogP contribution in [0.1, 0.15) is 29.8 Å². The predicted octanol–water partition coefficient (Wildman–Crippen LogP) is 3.34. The molecule has 1 aromatic carbocycles. The number of nitrogens with zero attached hydrogens (tertiary/aromatic N) is 2. The summed E-state index contributed by atoms with van der Waals surface area (Å²) in [5, 5.41) is 8.62. The number of benzene rings is 1. The fourth-order valence-corrected chi connectivity index (χ4v) is 3.00. The molecule has 3 aromatic rings. The minimum Gasteiger partial charge on any atom is -0.481 e. The fraction of sp³-hybridized carbons (Fsp3) is 0.267. The van der Waals surface area contributed by atoms with E-state index in [0.29, 0.717) is 5.69 Å². The molecule has 0 fully saturated rings. The van der Waals surface area contributed by atoms with Gasteiger partial charge in [-0.3, -0.25) is 14.0 Å². The third-order valence-electron chi connectivity index (χ3n) is 4.01. The molecule has 132 valence electrons. The van der Waals surface area contributed by atoms with Crippen LogP contribution in [0.5, 0.6) is 0 Å². The Morgan fingerprint density at radius 1 is 1.40 bits per heavy atom. The maximum absolute atomic E-state index is 13.0. The molecule has 0 aliphatic heterocycles. The van der Waals surface area contributed by atoms with Crippen molar-refractivity contribution in [3.63, 3.8) is 0 Å². The lowest BCUT2D eigenvalue weighted by molar-refractivity contribution is -0.139. The number of carboxylic acids is 1. The third kappa shape index (κ3) is 2.64. The Hall–Kier alpha value is -2.55. The molecule has 0 spiro atoms. The number of H-pyrrole nitrogens is 1. The zero-order chi connectivity index (χ0) is 18.7. The molecular weight excluding hydrogens is 363 g/mol. The van der Waals surface area contributed by atoms with Crippen LogP contribution < -0.4 is 5.56 Å². The molecule has 10 heteroatoms. The summed E-state index contributed by atoms with van der Waals surface area (Å²) < 4.78 is 40.3. The van der Waals surface area contributed by atoms with Crippen molar-refractivity contribution >= 4 is 34.3 Å². The average Bonchev–Trinajstić information content (AvgIpc) is 2.84. The Morgan fingerprint density at radius 2 is 2.04 bits per heavy atom. The highest BCUT2D eigenvalue weighted by Gasteiger charge is 2.34. The molecule has 25 heavy (non-hydrogen) atoms. The van der Waals surface area contributed by atoms with Crippen LogP contribution in [0.3, 0.4) is 0 Å². The molecule has 0 radical (unpaired) electrons. The Kier molecular flexibility index (Phi) is 3.79. The first-order chi connectivity index (χ1) is 11.5. The molecule has 2 aromatic heterocycles. The minimum absolute atomic E-state index is 0.0794. The summed E-state index contributed by atoms with van der Waals surface area (Å²) >= 11 is 5.76. The number of carboxylic acid groups (broad SMARTS) is 1. The Bertz CT molecular complexity index is 1080. The lowest BCUT2D eigenvalue weighted by atomic mass is 10.1. The predicted molar refractivity (Wildman–Crippen MR) is 84.1 cm³/mol. The van der Waals surface area contributed by atoms with Gasteiger partial charge in [0.1, 0.15) is 0 Å². The van der Waals surface area contributed by atoms with Crippen molar-refractivity contribution in [1.29, 1.82) is 0 Å². The molecular formula is C15H11ClF3N3O3. The van der Waals surface area contributed by atoms with E-state index in [4.69, 9.17) is 16.7 Å². The lowest BCUT2D eigenvalue weighted by Crippen LogP contribution is -2.13. The number of aromatic nitrogens is 3. The van der Waals surface area contributed by atoms with Gasteiger partial charge in [0.25, 0.3) is 5.56 Å². The SMILES string of the molecule is Cc1c(C(C)C(=O)O)nc2c(=O)[nH]c3cc(C(F)(F)F)c(Cl)cc3n12. The van der Waals surface area contributed by atoms with E-state index in [1.54, 1.807) is 6.92 Å². The maximum atomic E-state index is 13.0. The van der Waals surface area contributed by atoms with Crippen molar-refractivity contribution in [2.75, 3.05) is 0 Å². The molecule has 3 rings (SSSR count). The zero-order valence-corrected chi connectivity index (χ0v) is 13.7. The number of nitrogens with one attached hydrogen (secondary N) is 1. The summed E-state index contributed by atoms with van der Waals surface area (Å²) in [5.74, 6) is -2.12. The Labute approximate surface area is 142 Å². The average molecular weight is 374 g/mol. The maximum Gasteiger partial charge on any atom is 0.417 e. The van der Waals surface area contributed by atoms with Gasteiger partial charge < -0.3 is 10.1 Å². The van der Waals surface area contributed by atoms with Crippen molar-refractivity contribution < 1.29 is 23.1 Å². The number of fused-ring (bicyclic) bond motifs is 3. The minimum atomic E-state index is -4.68. The molecule has 2 N–H and O–H groups in total. The summed E-state index contributed by atoms with van der Waals surface area (Å²) in [6.07, 6.45) is -4.68. The quantitative estimate of drug-likeness (QED) is 0.721. The molecule has 1 atom stereocenters. The van der Waals surface area contributed by atoms with Gasteiger partial charge in [-0.15, -0.1) is 0 Å². The second-order valence-electron chi connectivity index (χ2n) is 5.60. The van der Waals surface area contributed by atoms with Crippen LogP contribution in [-0.2, 0) is 11.0 Å². The Morgan fingerprint density at radius 3 is 2.60 bits per heavy atom. The zero-order valence-electron chi connectivity index (χ0n) is 12.9. The number of imidazole rings is 1. The van der Waals surface area contributed by atoms with Gasteiger partial charge in [0.05, 0.1) is 33.2 Å². The molecule has 0 amide bonds. The summed E-state index contributed by atoms with van der Waals surface area (Å²) in [7, 11) is 0. The van der Waals surface area contributed by atoms with Crippen molar-refractivity contribution in [2.45, 2.75) is 25.9 Å². The van der Waals surface area contributed by atoms with Crippen LogP contribution in [0.4, 0.5) is 13.2 Å². The van der Waals surface area contributed by atoms with Crippen LogP contribution in [-0.4, -0.2) is 25.4 Å². The van der Waals surface area contributed by atoms with Crippen molar-refractivity contribution in [2.24, 2.45) is 0 Å². The molecule has 2 heterocycles. The van der Waals surface area contributed by atoms with Gasteiger partial charge in [-0.2, -0.15) is 13.2 Å². The summed E-state index contributed by atoms with van der Waals surface area (Å²) in [6.45, 7) is 2.95. The second-order valence-corrected chi connectivity index (χ2v) is 6.01. The monoisotopic (exact) mass is 373 g/mol. The van der Waals surface area contributed by atoms with Gasteiger partial charge in [0.15, 0.2) is 0 Å². The van der Waals surface area contributed by atoms with Gasteiger partial charge >= 0.3 is 12.1 Å². The first-order valence-corrected chi connectivity index (χ1v) is 7.44. The van der Waals surface area contributed by atoms with Crippen molar-refractivity contribution in [3.8, 4) is 0 Å². The van der Waals surface area contributed by atoms with E-state index in [1.165, 1.54) is 11.3 Å². The summed E-state index contributed by atoms with van der Waals surface area (Å²) in [5.41, 5.74) is -1.29. The van der Waals surface area contributed by atoms with Gasteiger partial charge in [0.2, 0.25) is 5.65 Å². The number of aryl methyl sites for hydroxylation is 1. The van der Waals surface area contributed by atoms with Crippen molar-refractivity contribution in [3.05, 3.63) is 44.5 Å². The van der Waals surface area contributed by atoms with Gasteiger partial charge in [-0.1, -0.05) is 11.6 Å². The van der Waals surface area contributed by atoms with Gasteiger partial charge in [-0.05, 0) is 26.0 Å². The largest absolute Gasteiger partial charge is 0.481 e. The smallest absolute Gasteiger partial charge is 0.417 e. The number of aromatic amines is 1. The topological polar surface area (TPSA) is 87.5 Å². The standard InChI is InChI=1S/C15H11ClF3N3O3/c1-5(14(24)25)11-6(2)22-10-4-8(16)7(15(17,18)19)3-9(10)20-13(23)12(22)21-11/h3-5H,1-2H3,(H,20,23)(H,24,25). The van der Waals surface area contributed by atoms with E-state index in [0.717, 1.165) is 12.1 Å². The normalized spacial score (nSPS) is 13.5. The number of aliphatic carboxylic acids is 1. The number of hydrogen-bond donors (Lipinski definition) is 2. The van der Waals surface area contributed by atoms with E-state index in [2.05, 4.69) is 9.97 Å². The summed E-state index contributed by atoms with van der Waals surface area (Å²) in [6, 6.07) is 1.82. The number of carbonyl (C=O) groups is 1. The molecule has 0 saturated heterocycles. The fourth-order valence-electron chi connectivity index (χ4n) is 2.74. The third-order valence-corrected chi connectivity index (χ3v) is 4.32. The van der Waals surface area contributed by atoms with Crippen molar-refractivity contribution in [1.82, 2.24) is 14.4 Å². The van der Waals surface area contributed by atoms with Crippen LogP contribution in [0.15, 0.2) is 16.9 Å². The molecule has 0 aliphatic carbocycles. The van der Waals surface area contributed by atoms with Crippen LogP contribution in [0.25, 0.3) is 16.7 Å². The molecule has 0 bridgehead atoms. The highest BCUT2D eigenvalue weighted by Crippen LogP contribution is 2.37. The first-order valence-electron chi connectivity index (χ1n) is 7.07. The number of halogens is 4. The van der Waals surface area contributed by atoms with E-state index in [1.807, 2.05) is 0 Å². The van der Waals surface area contributed by atoms with Gasteiger partial charge in [0, 0.05) is 5.69 Å². The van der Waals surface area contributed by atoms with E-state index in [9.17, 15) is 22.8 Å². The van der Waals surface area contributed by atoms with Crippen LogP contribution >= 0.6 is 11.6 Å². The van der Waals surface area contributed by atoms with Crippen LogP contribution in [0, 0.1) is 6.92 Å². The number of hydrogen-bond acceptors (Lipinski definition) is 3.